The van der Waals surface area contributed by atoms with Crippen molar-refractivity contribution in [2.24, 2.45) is 5.73 Å². The van der Waals surface area contributed by atoms with Crippen LogP contribution in [0.15, 0.2) is 54.6 Å². The maximum atomic E-state index is 12.8. The van der Waals surface area contributed by atoms with Crippen LogP contribution in [-0.4, -0.2) is 38.0 Å². The molecule has 7 nitrogen and oxygen atoms in total. The molecule has 1 heterocycles. The monoisotopic (exact) mass is 400 g/mol. The molecule has 0 saturated carbocycles. The number of amides is 2. The maximum Gasteiger partial charge on any atom is 0.330 e. The molecule has 3 N–H and O–H groups in total. The number of hydrogen-bond donors (Lipinski definition) is 2. The molecular weight excluding hydrogens is 380 g/mol. The third kappa shape index (κ3) is 4.50. The first-order valence-corrected chi connectivity index (χ1v) is 8.39. The number of nitrogens with one attached hydrogen (secondary N) is 1. The summed E-state index contributed by atoms with van der Waals surface area (Å²) in [6, 6.07) is 14.3. The van der Waals surface area contributed by atoms with Crippen LogP contribution in [0.1, 0.15) is 11.1 Å². The van der Waals surface area contributed by atoms with E-state index in [1.807, 2.05) is 24.3 Å². The summed E-state index contributed by atoms with van der Waals surface area (Å²) in [6.07, 6.45) is 3.01. The van der Waals surface area contributed by atoms with Gasteiger partial charge in [-0.05, 0) is 48.0 Å². The van der Waals surface area contributed by atoms with Crippen molar-refractivity contribution >= 4 is 47.7 Å². The summed E-state index contributed by atoms with van der Waals surface area (Å²) in [4.78, 5) is 27.3. The maximum absolute atomic E-state index is 12.8. The summed E-state index contributed by atoms with van der Waals surface area (Å²) < 4.78 is 4.56. The Morgan fingerprint density at radius 3 is 2.00 bits per heavy atom. The molecule has 3 rings (SSSR count). The van der Waals surface area contributed by atoms with E-state index < -0.39 is 5.97 Å². The summed E-state index contributed by atoms with van der Waals surface area (Å²) in [7, 11) is 1.33. The van der Waals surface area contributed by atoms with Gasteiger partial charge in [-0.1, -0.05) is 12.1 Å². The SMILES string of the molecule is COC(=O)/C=C/c1ccc(N2CCN(c3ccc(C(=N)N)cc3)C2=O)cc1.Cl. The van der Waals surface area contributed by atoms with Gasteiger partial charge in [0, 0.05) is 36.1 Å². The van der Waals surface area contributed by atoms with Crippen molar-refractivity contribution < 1.29 is 14.3 Å². The van der Waals surface area contributed by atoms with Crippen LogP contribution in [0.25, 0.3) is 6.08 Å². The van der Waals surface area contributed by atoms with Crippen LogP contribution in [0.2, 0.25) is 0 Å². The summed E-state index contributed by atoms with van der Waals surface area (Å²) in [6.45, 7) is 1.15. The number of hydrogen-bond acceptors (Lipinski definition) is 4. The molecule has 0 bridgehead atoms. The number of nitrogen functional groups attached to an aromatic ring is 1. The summed E-state index contributed by atoms with van der Waals surface area (Å²) in [5.41, 5.74) is 8.49. The van der Waals surface area contributed by atoms with Gasteiger partial charge in [0.05, 0.1) is 7.11 Å². The Kier molecular flexibility index (Phi) is 6.79. The number of nitrogens with two attached hydrogens (primary N) is 1. The molecule has 1 fully saturated rings. The third-order valence-corrected chi connectivity index (χ3v) is 4.32. The number of urea groups is 1. The number of carbonyl (C=O) groups is 2. The summed E-state index contributed by atoms with van der Waals surface area (Å²) in [5, 5.41) is 7.44. The highest BCUT2D eigenvalue weighted by Gasteiger charge is 2.30. The second-order valence-electron chi connectivity index (χ2n) is 5.99. The molecule has 2 aromatic carbocycles. The van der Waals surface area contributed by atoms with E-state index in [1.165, 1.54) is 13.2 Å². The van der Waals surface area contributed by atoms with Crippen molar-refractivity contribution in [3.63, 3.8) is 0 Å². The number of carbonyl (C=O) groups excluding carboxylic acids is 2. The summed E-state index contributed by atoms with van der Waals surface area (Å²) in [5.74, 6) is -0.419. The molecule has 0 spiro atoms. The number of esters is 1. The zero-order chi connectivity index (χ0) is 19.4. The molecule has 2 amide bonds. The molecule has 2 aromatic rings. The van der Waals surface area contributed by atoms with Crippen molar-refractivity contribution in [3.8, 4) is 0 Å². The minimum atomic E-state index is -0.416. The predicted octanol–water partition coefficient (Wildman–Crippen LogP) is 3.03. The van der Waals surface area contributed by atoms with Gasteiger partial charge in [-0.3, -0.25) is 15.2 Å². The lowest BCUT2D eigenvalue weighted by Gasteiger charge is -2.19. The van der Waals surface area contributed by atoms with E-state index in [2.05, 4.69) is 4.74 Å². The number of rotatable bonds is 5. The van der Waals surface area contributed by atoms with Crippen LogP contribution in [0.3, 0.4) is 0 Å². The number of ether oxygens (including phenoxy) is 1. The van der Waals surface area contributed by atoms with Gasteiger partial charge in [-0.15, -0.1) is 12.4 Å². The fourth-order valence-corrected chi connectivity index (χ4v) is 2.83. The van der Waals surface area contributed by atoms with Crippen LogP contribution >= 0.6 is 12.4 Å². The quantitative estimate of drug-likeness (QED) is 0.348. The van der Waals surface area contributed by atoms with Crippen LogP contribution in [0.5, 0.6) is 0 Å². The zero-order valence-corrected chi connectivity index (χ0v) is 16.1. The molecule has 0 atom stereocenters. The molecular formula is C20H21ClN4O3. The van der Waals surface area contributed by atoms with E-state index in [0.29, 0.717) is 18.7 Å². The Balaban J connectivity index is 0.00000280. The lowest BCUT2D eigenvalue weighted by atomic mass is 10.2. The smallest absolute Gasteiger partial charge is 0.330 e. The molecule has 1 aliphatic rings. The number of amidine groups is 1. The molecule has 8 heteroatoms. The average molecular weight is 401 g/mol. The summed E-state index contributed by atoms with van der Waals surface area (Å²) >= 11 is 0. The topological polar surface area (TPSA) is 99.7 Å². The first-order valence-electron chi connectivity index (χ1n) is 8.39. The van der Waals surface area contributed by atoms with Gasteiger partial charge in [0.15, 0.2) is 0 Å². The van der Waals surface area contributed by atoms with Gasteiger partial charge in [0.1, 0.15) is 5.84 Å². The highest BCUT2D eigenvalue weighted by atomic mass is 35.5. The largest absolute Gasteiger partial charge is 0.466 e. The lowest BCUT2D eigenvalue weighted by molar-refractivity contribution is -0.134. The van der Waals surface area contributed by atoms with Gasteiger partial charge >= 0.3 is 12.0 Å². The molecule has 0 radical (unpaired) electrons. The van der Waals surface area contributed by atoms with Crippen molar-refractivity contribution in [1.29, 1.82) is 5.41 Å². The molecule has 0 aliphatic carbocycles. The van der Waals surface area contributed by atoms with E-state index in [0.717, 1.165) is 16.9 Å². The van der Waals surface area contributed by atoms with Crippen molar-refractivity contribution in [3.05, 3.63) is 65.7 Å². The molecule has 1 saturated heterocycles. The van der Waals surface area contributed by atoms with Gasteiger partial charge in [-0.2, -0.15) is 0 Å². The molecule has 28 heavy (non-hydrogen) atoms. The number of anilines is 2. The van der Waals surface area contributed by atoms with Gasteiger partial charge in [-0.25, -0.2) is 9.59 Å². The Hall–Kier alpha value is -3.32. The van der Waals surface area contributed by atoms with E-state index in [-0.39, 0.29) is 24.3 Å². The second kappa shape index (κ2) is 9.05. The van der Waals surface area contributed by atoms with E-state index in [9.17, 15) is 9.59 Å². The number of halogens is 1. The van der Waals surface area contributed by atoms with E-state index in [1.54, 1.807) is 40.1 Å². The van der Waals surface area contributed by atoms with Crippen molar-refractivity contribution in [2.75, 3.05) is 30.0 Å². The minimum Gasteiger partial charge on any atom is -0.466 e. The standard InChI is InChI=1S/C20H20N4O3.ClH/c1-27-18(25)11-4-14-2-7-16(8-3-14)23-12-13-24(20(23)26)17-9-5-15(6-10-17)19(21)22;/h2-11H,12-13H2,1H3,(H3,21,22);1H/b11-4+;. The minimum absolute atomic E-state index is 0. The van der Waals surface area contributed by atoms with Crippen molar-refractivity contribution in [2.45, 2.75) is 0 Å². The molecule has 146 valence electrons. The Labute approximate surface area is 169 Å². The Bertz CT molecular complexity index is 895. The number of benzene rings is 2. The van der Waals surface area contributed by atoms with Gasteiger partial charge in [0.2, 0.25) is 0 Å². The normalized spacial score (nSPS) is 13.5. The lowest BCUT2D eigenvalue weighted by Crippen LogP contribution is -2.31. The highest BCUT2D eigenvalue weighted by Crippen LogP contribution is 2.25. The predicted molar refractivity (Wildman–Crippen MR) is 112 cm³/mol. The molecule has 0 unspecified atom stereocenters. The molecule has 1 aliphatic heterocycles. The van der Waals surface area contributed by atoms with Gasteiger partial charge in [0.25, 0.3) is 0 Å². The average Bonchev–Trinajstić information content (AvgIpc) is 3.08. The fourth-order valence-electron chi connectivity index (χ4n) is 2.83. The van der Waals surface area contributed by atoms with Crippen LogP contribution in [0.4, 0.5) is 16.2 Å². The van der Waals surface area contributed by atoms with E-state index in [4.69, 9.17) is 11.1 Å². The van der Waals surface area contributed by atoms with E-state index >= 15 is 0 Å². The fraction of sp³-hybridized carbons (Fsp3) is 0.150. The number of nitrogens with zero attached hydrogens (tertiary/aromatic N) is 2. The first-order chi connectivity index (χ1) is 13.0. The Morgan fingerprint density at radius 1 is 1.04 bits per heavy atom. The Morgan fingerprint density at radius 2 is 1.54 bits per heavy atom. The van der Waals surface area contributed by atoms with Crippen LogP contribution < -0.4 is 15.5 Å². The molecule has 0 aromatic heterocycles. The van der Waals surface area contributed by atoms with Crippen LogP contribution in [-0.2, 0) is 9.53 Å². The van der Waals surface area contributed by atoms with Crippen molar-refractivity contribution in [1.82, 2.24) is 0 Å². The first kappa shape index (κ1) is 21.0. The van der Waals surface area contributed by atoms with Gasteiger partial charge < -0.3 is 10.5 Å². The zero-order valence-electron chi connectivity index (χ0n) is 15.3. The second-order valence-corrected chi connectivity index (χ2v) is 5.99. The number of methoxy groups -OCH3 is 1. The highest BCUT2D eigenvalue weighted by molar-refractivity contribution is 6.06. The third-order valence-electron chi connectivity index (χ3n) is 4.32. The van der Waals surface area contributed by atoms with Crippen LogP contribution in [0, 0.1) is 5.41 Å².